The van der Waals surface area contributed by atoms with Crippen molar-refractivity contribution in [1.82, 2.24) is 15.1 Å². The fraction of sp³-hybridized carbons (Fsp3) is 0.150. The molecule has 3 aromatic rings. The lowest BCUT2D eigenvalue weighted by molar-refractivity contribution is -0.384. The van der Waals surface area contributed by atoms with Crippen LogP contribution in [-0.2, 0) is 13.0 Å². The van der Waals surface area contributed by atoms with Gasteiger partial charge in [-0.05, 0) is 36.2 Å². The molecule has 0 bridgehead atoms. The van der Waals surface area contributed by atoms with Gasteiger partial charge in [0.05, 0.1) is 28.1 Å². The molecule has 29 heavy (non-hydrogen) atoms. The molecule has 0 unspecified atom stereocenters. The zero-order valence-corrected chi connectivity index (χ0v) is 15.7. The number of carbonyl (C=O) groups is 2. The van der Waals surface area contributed by atoms with Crippen LogP contribution in [0.1, 0.15) is 38.9 Å². The number of carbonyl (C=O) groups excluding carboxylic acids is 2. The minimum absolute atomic E-state index is 0.0146. The molecular formula is C20H19N5O4. The van der Waals surface area contributed by atoms with E-state index in [9.17, 15) is 19.7 Å². The van der Waals surface area contributed by atoms with Gasteiger partial charge >= 0.3 is 0 Å². The first-order chi connectivity index (χ1) is 13.9. The lowest BCUT2D eigenvalue weighted by Crippen LogP contribution is -2.24. The van der Waals surface area contributed by atoms with Crippen molar-refractivity contribution in [1.29, 1.82) is 0 Å². The Hall–Kier alpha value is -4.01. The first-order valence-electron chi connectivity index (χ1n) is 8.89. The zero-order chi connectivity index (χ0) is 21.0. The summed E-state index contributed by atoms with van der Waals surface area (Å²) in [5, 5.41) is 17.9. The molecule has 2 amide bonds. The average Bonchev–Trinajstić information content (AvgIpc) is 3.16. The van der Waals surface area contributed by atoms with Crippen LogP contribution in [0.3, 0.4) is 0 Å². The second-order valence-corrected chi connectivity index (χ2v) is 6.29. The van der Waals surface area contributed by atoms with Crippen LogP contribution in [0.5, 0.6) is 0 Å². The third kappa shape index (κ3) is 4.29. The van der Waals surface area contributed by atoms with Gasteiger partial charge in [0.25, 0.3) is 11.6 Å². The summed E-state index contributed by atoms with van der Waals surface area (Å²) in [5.74, 6) is -0.791. The number of amides is 2. The van der Waals surface area contributed by atoms with Crippen molar-refractivity contribution >= 4 is 17.5 Å². The first kappa shape index (κ1) is 19.7. The van der Waals surface area contributed by atoms with Gasteiger partial charge in [-0.3, -0.25) is 19.7 Å². The highest BCUT2D eigenvalue weighted by Gasteiger charge is 2.17. The Bertz CT molecular complexity index is 1060. The number of hydrogen-bond donors (Lipinski definition) is 2. The molecule has 0 saturated carbocycles. The number of rotatable bonds is 7. The topological polar surface area (TPSA) is 133 Å². The van der Waals surface area contributed by atoms with Crippen LogP contribution in [0.25, 0.3) is 5.69 Å². The van der Waals surface area contributed by atoms with Crippen LogP contribution in [0, 0.1) is 10.1 Å². The molecule has 0 fully saturated rings. The van der Waals surface area contributed by atoms with Crippen LogP contribution >= 0.6 is 0 Å². The van der Waals surface area contributed by atoms with Crippen molar-refractivity contribution in [2.24, 2.45) is 5.73 Å². The van der Waals surface area contributed by atoms with Crippen molar-refractivity contribution in [2.75, 3.05) is 0 Å². The second kappa shape index (κ2) is 8.34. The van der Waals surface area contributed by atoms with E-state index < -0.39 is 10.8 Å². The lowest BCUT2D eigenvalue weighted by Gasteiger charge is -2.09. The molecule has 2 aromatic carbocycles. The number of nitro groups is 1. The molecule has 3 N–H and O–H groups in total. The van der Waals surface area contributed by atoms with Crippen LogP contribution in [0.4, 0.5) is 5.69 Å². The van der Waals surface area contributed by atoms with Crippen LogP contribution < -0.4 is 11.1 Å². The molecule has 0 aliphatic heterocycles. The fourth-order valence-corrected chi connectivity index (χ4v) is 2.91. The van der Waals surface area contributed by atoms with Gasteiger partial charge in [-0.1, -0.05) is 19.1 Å². The normalized spacial score (nSPS) is 10.5. The quantitative estimate of drug-likeness (QED) is 0.470. The summed E-state index contributed by atoms with van der Waals surface area (Å²) < 4.78 is 1.60. The summed E-state index contributed by atoms with van der Waals surface area (Å²) in [5.41, 5.74) is 8.18. The third-order valence-electron chi connectivity index (χ3n) is 4.45. The van der Waals surface area contributed by atoms with Crippen molar-refractivity contribution in [3.05, 3.63) is 87.2 Å². The minimum atomic E-state index is -0.508. The predicted octanol–water partition coefficient (Wildman–Crippen LogP) is 2.37. The Morgan fingerprint density at radius 2 is 1.79 bits per heavy atom. The van der Waals surface area contributed by atoms with E-state index in [1.165, 1.54) is 18.3 Å². The van der Waals surface area contributed by atoms with Gasteiger partial charge < -0.3 is 11.1 Å². The third-order valence-corrected chi connectivity index (χ3v) is 4.45. The fourth-order valence-electron chi connectivity index (χ4n) is 2.91. The molecule has 3 rings (SSSR count). The summed E-state index contributed by atoms with van der Waals surface area (Å²) in [6.07, 6.45) is 2.03. The summed E-state index contributed by atoms with van der Waals surface area (Å²) in [7, 11) is 0. The standard InChI is InChI=1S/C20H19N5O4/c1-2-18-17(12-23-24(18)15-7-9-16(10-8-15)25(28)29)20(27)22-11-13-3-5-14(6-4-13)19(21)26/h3-10,12H,2,11H2,1H3,(H2,21,26)(H,22,27). The molecule has 0 saturated heterocycles. The molecule has 148 valence electrons. The van der Waals surface area contributed by atoms with Gasteiger partial charge in [0.2, 0.25) is 5.91 Å². The Labute approximate surface area is 166 Å². The van der Waals surface area contributed by atoms with E-state index in [-0.39, 0.29) is 18.1 Å². The molecular weight excluding hydrogens is 374 g/mol. The van der Waals surface area contributed by atoms with Gasteiger partial charge in [0, 0.05) is 24.2 Å². The van der Waals surface area contributed by atoms with Gasteiger partial charge in [0.1, 0.15) is 0 Å². The number of non-ortho nitro benzene ring substituents is 1. The number of nitrogens with zero attached hydrogens (tertiary/aromatic N) is 3. The SMILES string of the molecule is CCc1c(C(=O)NCc2ccc(C(N)=O)cc2)cnn1-c1ccc([N+](=O)[O-])cc1. The van der Waals surface area contributed by atoms with E-state index >= 15 is 0 Å². The number of nitrogens with two attached hydrogens (primary N) is 1. The van der Waals surface area contributed by atoms with Gasteiger partial charge in [0.15, 0.2) is 0 Å². The number of nitro benzene ring substituents is 1. The molecule has 1 aromatic heterocycles. The van der Waals surface area contributed by atoms with E-state index in [1.807, 2.05) is 6.92 Å². The number of primary amides is 1. The summed E-state index contributed by atoms with van der Waals surface area (Å²) in [6.45, 7) is 2.18. The monoisotopic (exact) mass is 393 g/mol. The number of aromatic nitrogens is 2. The first-order valence-corrected chi connectivity index (χ1v) is 8.89. The maximum atomic E-state index is 12.6. The Morgan fingerprint density at radius 3 is 2.34 bits per heavy atom. The van der Waals surface area contributed by atoms with Gasteiger partial charge in [-0.15, -0.1) is 0 Å². The molecule has 0 aliphatic carbocycles. The van der Waals surface area contributed by atoms with Crippen molar-refractivity contribution < 1.29 is 14.5 Å². The molecule has 9 heteroatoms. The van der Waals surface area contributed by atoms with Crippen molar-refractivity contribution in [3.8, 4) is 5.69 Å². The maximum absolute atomic E-state index is 12.6. The highest BCUT2D eigenvalue weighted by Crippen LogP contribution is 2.19. The zero-order valence-electron chi connectivity index (χ0n) is 15.7. The number of nitrogens with one attached hydrogen (secondary N) is 1. The van der Waals surface area contributed by atoms with Crippen molar-refractivity contribution in [3.63, 3.8) is 0 Å². The largest absolute Gasteiger partial charge is 0.366 e. The van der Waals surface area contributed by atoms with E-state index in [0.29, 0.717) is 28.9 Å². The summed E-state index contributed by atoms with van der Waals surface area (Å²) in [6, 6.07) is 12.6. The van der Waals surface area contributed by atoms with E-state index in [0.717, 1.165) is 5.56 Å². The second-order valence-electron chi connectivity index (χ2n) is 6.29. The Balaban J connectivity index is 1.75. The predicted molar refractivity (Wildman–Crippen MR) is 106 cm³/mol. The Morgan fingerprint density at radius 1 is 1.14 bits per heavy atom. The molecule has 0 radical (unpaired) electrons. The lowest BCUT2D eigenvalue weighted by atomic mass is 10.1. The summed E-state index contributed by atoms with van der Waals surface area (Å²) >= 11 is 0. The molecule has 0 spiro atoms. The highest BCUT2D eigenvalue weighted by molar-refractivity contribution is 5.95. The highest BCUT2D eigenvalue weighted by atomic mass is 16.6. The smallest absolute Gasteiger partial charge is 0.269 e. The summed E-state index contributed by atoms with van der Waals surface area (Å²) in [4.78, 5) is 34.1. The molecule has 0 aliphatic rings. The molecule has 9 nitrogen and oxygen atoms in total. The van der Waals surface area contributed by atoms with E-state index in [4.69, 9.17) is 5.73 Å². The Kier molecular flexibility index (Phi) is 5.68. The maximum Gasteiger partial charge on any atom is 0.269 e. The molecule has 1 heterocycles. The molecule has 0 atom stereocenters. The average molecular weight is 393 g/mol. The van der Waals surface area contributed by atoms with Crippen LogP contribution in [0.15, 0.2) is 54.7 Å². The number of benzene rings is 2. The van der Waals surface area contributed by atoms with Crippen molar-refractivity contribution in [2.45, 2.75) is 19.9 Å². The van der Waals surface area contributed by atoms with Gasteiger partial charge in [-0.2, -0.15) is 5.10 Å². The van der Waals surface area contributed by atoms with Crippen LogP contribution in [-0.4, -0.2) is 26.5 Å². The van der Waals surface area contributed by atoms with Crippen LogP contribution in [0.2, 0.25) is 0 Å². The minimum Gasteiger partial charge on any atom is -0.366 e. The number of hydrogen-bond acceptors (Lipinski definition) is 5. The van der Waals surface area contributed by atoms with Gasteiger partial charge in [-0.25, -0.2) is 4.68 Å². The van der Waals surface area contributed by atoms with E-state index in [1.54, 1.807) is 41.1 Å². The van der Waals surface area contributed by atoms with E-state index in [2.05, 4.69) is 10.4 Å².